The highest BCUT2D eigenvalue weighted by Crippen LogP contribution is 2.14. The Hall–Kier alpha value is -0.410. The minimum atomic E-state index is 0.867. The molecule has 1 aromatic heterocycles. The van der Waals surface area contributed by atoms with E-state index in [0.29, 0.717) is 0 Å². The van der Waals surface area contributed by atoms with Gasteiger partial charge in [0, 0.05) is 17.2 Å². The number of aryl methyl sites for hydroxylation is 1. The summed E-state index contributed by atoms with van der Waals surface area (Å²) in [5.41, 5.74) is 2.23. The third-order valence-electron chi connectivity index (χ3n) is 1.46. The van der Waals surface area contributed by atoms with Crippen molar-refractivity contribution in [1.82, 2.24) is 10.3 Å². The van der Waals surface area contributed by atoms with E-state index in [0.717, 1.165) is 16.7 Å². The molecule has 0 unspecified atom stereocenters. The first-order valence-electron chi connectivity index (χ1n) is 3.49. The van der Waals surface area contributed by atoms with Crippen molar-refractivity contribution < 1.29 is 0 Å². The van der Waals surface area contributed by atoms with Crippen LogP contribution >= 0.6 is 15.9 Å². The van der Waals surface area contributed by atoms with E-state index in [-0.39, 0.29) is 0 Å². The molecule has 0 aliphatic heterocycles. The number of halogens is 1. The van der Waals surface area contributed by atoms with Crippen molar-refractivity contribution in [3.8, 4) is 0 Å². The van der Waals surface area contributed by atoms with Crippen molar-refractivity contribution in [2.24, 2.45) is 0 Å². The number of hydrogen-bond acceptors (Lipinski definition) is 2. The lowest BCUT2D eigenvalue weighted by molar-refractivity contribution is 0.811. The van der Waals surface area contributed by atoms with Gasteiger partial charge in [0.25, 0.3) is 0 Å². The first-order chi connectivity index (χ1) is 5.24. The standard InChI is InChI=1S/C8H11BrN2/c1-6-8(9)3-7(4-10-2)5-11-6/h3,5,10H,4H2,1-2H3. The lowest BCUT2D eigenvalue weighted by Gasteiger charge is -2.01. The molecule has 0 bridgehead atoms. The summed E-state index contributed by atoms with van der Waals surface area (Å²) in [5.74, 6) is 0. The molecule has 0 atom stereocenters. The van der Waals surface area contributed by atoms with E-state index in [2.05, 4.69) is 32.3 Å². The molecule has 1 rings (SSSR count). The Balaban J connectivity index is 2.86. The molecule has 11 heavy (non-hydrogen) atoms. The van der Waals surface area contributed by atoms with Gasteiger partial charge in [-0.15, -0.1) is 0 Å². The van der Waals surface area contributed by atoms with Crippen LogP contribution in [0.3, 0.4) is 0 Å². The number of nitrogens with zero attached hydrogens (tertiary/aromatic N) is 1. The lowest BCUT2D eigenvalue weighted by atomic mass is 10.2. The van der Waals surface area contributed by atoms with Gasteiger partial charge in [-0.2, -0.15) is 0 Å². The van der Waals surface area contributed by atoms with Crippen molar-refractivity contribution in [2.75, 3.05) is 7.05 Å². The molecule has 1 N–H and O–H groups in total. The van der Waals surface area contributed by atoms with E-state index in [9.17, 15) is 0 Å². The first-order valence-corrected chi connectivity index (χ1v) is 4.29. The van der Waals surface area contributed by atoms with Gasteiger partial charge in [0.1, 0.15) is 0 Å². The Morgan fingerprint density at radius 1 is 1.64 bits per heavy atom. The monoisotopic (exact) mass is 214 g/mol. The number of nitrogens with one attached hydrogen (secondary N) is 1. The third-order valence-corrected chi connectivity index (χ3v) is 2.27. The van der Waals surface area contributed by atoms with E-state index in [4.69, 9.17) is 0 Å². The molecule has 0 saturated heterocycles. The average molecular weight is 215 g/mol. The van der Waals surface area contributed by atoms with Gasteiger partial charge in [-0.05, 0) is 41.5 Å². The average Bonchev–Trinajstić information content (AvgIpc) is 1.98. The first kappa shape index (κ1) is 8.68. The SMILES string of the molecule is CNCc1cnc(C)c(Br)c1. The maximum absolute atomic E-state index is 4.21. The van der Waals surface area contributed by atoms with Crippen LogP contribution in [0.1, 0.15) is 11.3 Å². The van der Waals surface area contributed by atoms with Gasteiger partial charge in [0.2, 0.25) is 0 Å². The molecule has 0 spiro atoms. The summed E-state index contributed by atoms with van der Waals surface area (Å²) in [4.78, 5) is 4.21. The smallest absolute Gasteiger partial charge is 0.0514 e. The molecule has 1 heterocycles. The Morgan fingerprint density at radius 2 is 2.36 bits per heavy atom. The van der Waals surface area contributed by atoms with E-state index in [1.807, 2.05) is 20.2 Å². The van der Waals surface area contributed by atoms with Gasteiger partial charge in [-0.25, -0.2) is 0 Å². The molecule has 60 valence electrons. The minimum Gasteiger partial charge on any atom is -0.316 e. The van der Waals surface area contributed by atoms with Crippen LogP contribution in [0.4, 0.5) is 0 Å². The zero-order valence-electron chi connectivity index (χ0n) is 6.69. The highest BCUT2D eigenvalue weighted by molar-refractivity contribution is 9.10. The topological polar surface area (TPSA) is 24.9 Å². The van der Waals surface area contributed by atoms with Gasteiger partial charge < -0.3 is 5.32 Å². The van der Waals surface area contributed by atoms with Crippen LogP contribution in [-0.4, -0.2) is 12.0 Å². The molecule has 0 saturated carbocycles. The summed E-state index contributed by atoms with van der Waals surface area (Å²) in [6, 6.07) is 2.08. The fourth-order valence-electron chi connectivity index (χ4n) is 0.847. The van der Waals surface area contributed by atoms with E-state index < -0.39 is 0 Å². The summed E-state index contributed by atoms with van der Waals surface area (Å²) in [7, 11) is 1.92. The number of pyridine rings is 1. The molecule has 0 fully saturated rings. The lowest BCUT2D eigenvalue weighted by Crippen LogP contribution is -2.05. The van der Waals surface area contributed by atoms with Crippen LogP contribution in [0.2, 0.25) is 0 Å². The second kappa shape index (κ2) is 3.83. The van der Waals surface area contributed by atoms with Crippen LogP contribution < -0.4 is 5.32 Å². The molecule has 3 heteroatoms. The van der Waals surface area contributed by atoms with Crippen LogP contribution in [0.25, 0.3) is 0 Å². The zero-order valence-corrected chi connectivity index (χ0v) is 8.27. The summed E-state index contributed by atoms with van der Waals surface area (Å²) in [5, 5.41) is 3.07. The zero-order chi connectivity index (χ0) is 8.27. The van der Waals surface area contributed by atoms with Crippen molar-refractivity contribution in [3.63, 3.8) is 0 Å². The van der Waals surface area contributed by atoms with Crippen molar-refractivity contribution in [2.45, 2.75) is 13.5 Å². The Morgan fingerprint density at radius 3 is 2.91 bits per heavy atom. The summed E-state index contributed by atoms with van der Waals surface area (Å²) in [6.45, 7) is 2.85. The Kier molecular flexibility index (Phi) is 3.02. The van der Waals surface area contributed by atoms with Crippen molar-refractivity contribution in [1.29, 1.82) is 0 Å². The van der Waals surface area contributed by atoms with Gasteiger partial charge in [0.15, 0.2) is 0 Å². The minimum absolute atomic E-state index is 0.867. The molecule has 0 amide bonds. The van der Waals surface area contributed by atoms with Crippen LogP contribution in [-0.2, 0) is 6.54 Å². The van der Waals surface area contributed by atoms with Gasteiger partial charge in [-0.3, -0.25) is 4.98 Å². The highest BCUT2D eigenvalue weighted by Gasteiger charge is 1.96. The number of hydrogen-bond donors (Lipinski definition) is 1. The van der Waals surface area contributed by atoms with Gasteiger partial charge in [-0.1, -0.05) is 0 Å². The third kappa shape index (κ3) is 2.27. The Labute approximate surface area is 75.2 Å². The van der Waals surface area contributed by atoms with Crippen molar-refractivity contribution in [3.05, 3.63) is 28.0 Å². The maximum Gasteiger partial charge on any atom is 0.0514 e. The second-order valence-electron chi connectivity index (χ2n) is 2.44. The number of aromatic nitrogens is 1. The fourth-order valence-corrected chi connectivity index (χ4v) is 1.24. The molecule has 0 aliphatic rings. The summed E-state index contributed by atoms with van der Waals surface area (Å²) in [6.07, 6.45) is 1.89. The fraction of sp³-hybridized carbons (Fsp3) is 0.375. The van der Waals surface area contributed by atoms with E-state index in [1.54, 1.807) is 0 Å². The predicted molar refractivity (Wildman–Crippen MR) is 49.4 cm³/mol. The summed E-state index contributed by atoms with van der Waals surface area (Å²) >= 11 is 3.43. The molecule has 2 nitrogen and oxygen atoms in total. The van der Waals surface area contributed by atoms with Crippen LogP contribution in [0, 0.1) is 6.92 Å². The number of rotatable bonds is 2. The summed E-state index contributed by atoms with van der Waals surface area (Å²) < 4.78 is 1.07. The highest BCUT2D eigenvalue weighted by atomic mass is 79.9. The molecule has 1 aromatic rings. The van der Waals surface area contributed by atoms with E-state index >= 15 is 0 Å². The molecule has 0 aliphatic carbocycles. The van der Waals surface area contributed by atoms with Gasteiger partial charge in [0.05, 0.1) is 5.69 Å². The molecule has 0 aromatic carbocycles. The van der Waals surface area contributed by atoms with Crippen LogP contribution in [0.5, 0.6) is 0 Å². The normalized spacial score (nSPS) is 10.1. The second-order valence-corrected chi connectivity index (χ2v) is 3.30. The van der Waals surface area contributed by atoms with Gasteiger partial charge >= 0.3 is 0 Å². The van der Waals surface area contributed by atoms with E-state index in [1.165, 1.54) is 5.56 Å². The maximum atomic E-state index is 4.21. The van der Waals surface area contributed by atoms with Crippen LogP contribution in [0.15, 0.2) is 16.7 Å². The molecular formula is C8H11BrN2. The predicted octanol–water partition coefficient (Wildman–Crippen LogP) is 1.87. The molecular weight excluding hydrogens is 204 g/mol. The quantitative estimate of drug-likeness (QED) is 0.814. The Bertz CT molecular complexity index is 248. The largest absolute Gasteiger partial charge is 0.316 e. The van der Waals surface area contributed by atoms with Crippen molar-refractivity contribution >= 4 is 15.9 Å². The molecule has 0 radical (unpaired) electrons.